The van der Waals surface area contributed by atoms with Gasteiger partial charge in [0, 0.05) is 5.56 Å². The number of carbonyl (C=O) groups is 1. The number of hydrogen-bond donors (Lipinski definition) is 2. The number of carbonyl (C=O) groups excluding carboxylic acids is 1. The number of benzene rings is 2. The van der Waals surface area contributed by atoms with E-state index < -0.39 is 15.9 Å². The molecule has 7 heteroatoms. The van der Waals surface area contributed by atoms with Gasteiger partial charge in [-0.05, 0) is 42.8 Å². The summed E-state index contributed by atoms with van der Waals surface area (Å²) in [4.78, 5) is 11.1. The van der Waals surface area contributed by atoms with E-state index in [-0.39, 0.29) is 10.5 Å². The number of nitrogens with one attached hydrogen (secondary N) is 1. The predicted octanol–water partition coefficient (Wildman–Crippen LogP) is 2.38. The summed E-state index contributed by atoms with van der Waals surface area (Å²) in [5.74, 6) is -0.146. The van der Waals surface area contributed by atoms with Crippen LogP contribution in [0.3, 0.4) is 0 Å². The number of para-hydroxylation sites is 2. The molecule has 0 fully saturated rings. The lowest BCUT2D eigenvalue weighted by molar-refractivity contribution is 0.1000. The average molecular weight is 334 g/mol. The van der Waals surface area contributed by atoms with Crippen molar-refractivity contribution >= 4 is 21.6 Å². The van der Waals surface area contributed by atoms with Crippen molar-refractivity contribution in [2.75, 3.05) is 11.3 Å². The highest BCUT2D eigenvalue weighted by atomic mass is 32.2. The van der Waals surface area contributed by atoms with Crippen molar-refractivity contribution in [1.29, 1.82) is 0 Å². The van der Waals surface area contributed by atoms with Crippen LogP contribution >= 0.6 is 0 Å². The molecular weight excluding hydrogens is 316 g/mol. The third-order valence-corrected chi connectivity index (χ3v) is 4.42. The molecule has 23 heavy (non-hydrogen) atoms. The first-order valence-electron chi connectivity index (χ1n) is 7.08. The van der Waals surface area contributed by atoms with Gasteiger partial charge in [0.2, 0.25) is 5.91 Å². The molecule has 0 spiro atoms. The van der Waals surface area contributed by atoms with Gasteiger partial charge in [-0.3, -0.25) is 9.52 Å². The Kier molecular flexibility index (Phi) is 5.23. The normalized spacial score (nSPS) is 11.0. The number of hydrogen-bond acceptors (Lipinski definition) is 4. The Bertz CT molecular complexity index is 786. The van der Waals surface area contributed by atoms with E-state index in [4.69, 9.17) is 10.5 Å². The SMILES string of the molecule is CCCOc1ccccc1NS(=O)(=O)c1ccc(C(N)=O)cc1. The zero-order chi connectivity index (χ0) is 16.9. The summed E-state index contributed by atoms with van der Waals surface area (Å²) >= 11 is 0. The van der Waals surface area contributed by atoms with Gasteiger partial charge >= 0.3 is 0 Å². The Labute approximate surface area is 135 Å². The predicted molar refractivity (Wildman–Crippen MR) is 88.0 cm³/mol. The minimum absolute atomic E-state index is 0.0350. The Morgan fingerprint density at radius 2 is 1.78 bits per heavy atom. The van der Waals surface area contributed by atoms with Crippen molar-refractivity contribution < 1.29 is 17.9 Å². The van der Waals surface area contributed by atoms with Gasteiger partial charge in [-0.1, -0.05) is 19.1 Å². The van der Waals surface area contributed by atoms with Crippen molar-refractivity contribution in [3.05, 3.63) is 54.1 Å². The molecule has 0 bridgehead atoms. The third kappa shape index (κ3) is 4.23. The molecule has 0 saturated heterocycles. The van der Waals surface area contributed by atoms with Crippen LogP contribution in [0, 0.1) is 0 Å². The maximum Gasteiger partial charge on any atom is 0.262 e. The molecule has 0 radical (unpaired) electrons. The number of primary amides is 1. The monoisotopic (exact) mass is 334 g/mol. The van der Waals surface area contributed by atoms with Gasteiger partial charge in [0.25, 0.3) is 10.0 Å². The first-order valence-corrected chi connectivity index (χ1v) is 8.57. The third-order valence-electron chi connectivity index (χ3n) is 3.04. The quantitative estimate of drug-likeness (QED) is 0.812. The molecule has 0 aliphatic rings. The molecule has 2 aromatic rings. The Balaban J connectivity index is 2.26. The zero-order valence-electron chi connectivity index (χ0n) is 12.7. The van der Waals surface area contributed by atoms with Gasteiger partial charge < -0.3 is 10.5 Å². The van der Waals surface area contributed by atoms with Crippen LogP contribution in [0.5, 0.6) is 5.75 Å². The summed E-state index contributed by atoms with van der Waals surface area (Å²) in [6.45, 7) is 2.46. The highest BCUT2D eigenvalue weighted by Crippen LogP contribution is 2.26. The smallest absolute Gasteiger partial charge is 0.262 e. The standard InChI is InChI=1S/C16H18N2O4S/c1-2-11-22-15-6-4-3-5-14(15)18-23(20,21)13-9-7-12(8-10-13)16(17)19/h3-10,18H,2,11H2,1H3,(H2,17,19). The fraction of sp³-hybridized carbons (Fsp3) is 0.188. The first kappa shape index (κ1) is 16.8. The lowest BCUT2D eigenvalue weighted by Gasteiger charge is -2.13. The van der Waals surface area contributed by atoms with Crippen molar-refractivity contribution in [2.45, 2.75) is 18.2 Å². The van der Waals surface area contributed by atoms with Gasteiger partial charge in [-0.15, -0.1) is 0 Å². The van der Waals surface area contributed by atoms with E-state index in [0.717, 1.165) is 6.42 Å². The molecule has 0 aliphatic heterocycles. The summed E-state index contributed by atoms with van der Waals surface area (Å²) in [6.07, 6.45) is 0.815. The largest absolute Gasteiger partial charge is 0.491 e. The van der Waals surface area contributed by atoms with E-state index in [2.05, 4.69) is 4.72 Å². The summed E-state index contributed by atoms with van der Waals surface area (Å²) < 4.78 is 32.9. The molecule has 0 saturated carbocycles. The molecule has 3 N–H and O–H groups in total. The molecule has 0 atom stereocenters. The molecule has 2 aromatic carbocycles. The lowest BCUT2D eigenvalue weighted by atomic mass is 10.2. The number of sulfonamides is 1. The Morgan fingerprint density at radius 3 is 2.39 bits per heavy atom. The molecule has 0 aromatic heterocycles. The van der Waals surface area contributed by atoms with Gasteiger partial charge in [-0.2, -0.15) is 0 Å². The van der Waals surface area contributed by atoms with E-state index in [1.807, 2.05) is 6.92 Å². The minimum atomic E-state index is -3.79. The summed E-state index contributed by atoms with van der Waals surface area (Å²) in [5, 5.41) is 0. The topological polar surface area (TPSA) is 98.5 Å². The molecule has 122 valence electrons. The van der Waals surface area contributed by atoms with Crippen LogP contribution in [0.2, 0.25) is 0 Å². The molecule has 0 aliphatic carbocycles. The molecule has 0 unspecified atom stereocenters. The van der Waals surface area contributed by atoms with Gasteiger partial charge in [0.15, 0.2) is 0 Å². The van der Waals surface area contributed by atoms with Gasteiger partial charge in [-0.25, -0.2) is 8.42 Å². The maximum atomic E-state index is 12.4. The second kappa shape index (κ2) is 7.15. The number of nitrogens with two attached hydrogens (primary N) is 1. The van der Waals surface area contributed by atoms with E-state index in [1.165, 1.54) is 24.3 Å². The number of amides is 1. The molecule has 0 heterocycles. The van der Waals surface area contributed by atoms with Crippen molar-refractivity contribution in [1.82, 2.24) is 0 Å². The van der Waals surface area contributed by atoms with Crippen molar-refractivity contribution in [3.63, 3.8) is 0 Å². The van der Waals surface area contributed by atoms with Crippen LogP contribution in [0.1, 0.15) is 23.7 Å². The number of anilines is 1. The van der Waals surface area contributed by atoms with Gasteiger partial charge in [0.05, 0.1) is 17.2 Å². The second-order valence-corrected chi connectivity index (χ2v) is 6.52. The highest BCUT2D eigenvalue weighted by molar-refractivity contribution is 7.92. The minimum Gasteiger partial charge on any atom is -0.491 e. The summed E-state index contributed by atoms with van der Waals surface area (Å²) in [7, 11) is -3.79. The molecule has 6 nitrogen and oxygen atoms in total. The van der Waals surface area contributed by atoms with Crippen LogP contribution in [0.15, 0.2) is 53.4 Å². The lowest BCUT2D eigenvalue weighted by Crippen LogP contribution is -2.15. The van der Waals surface area contributed by atoms with Crippen LogP contribution in [0.4, 0.5) is 5.69 Å². The van der Waals surface area contributed by atoms with Crippen LogP contribution in [-0.4, -0.2) is 20.9 Å². The van der Waals surface area contributed by atoms with Crippen molar-refractivity contribution in [3.8, 4) is 5.75 Å². The second-order valence-electron chi connectivity index (χ2n) is 4.84. The van der Waals surface area contributed by atoms with Crippen molar-refractivity contribution in [2.24, 2.45) is 5.73 Å². The van der Waals surface area contributed by atoms with Crippen LogP contribution in [0.25, 0.3) is 0 Å². The summed E-state index contributed by atoms with van der Waals surface area (Å²) in [6, 6.07) is 12.2. The first-order chi connectivity index (χ1) is 10.9. The summed E-state index contributed by atoms with van der Waals surface area (Å²) in [5.41, 5.74) is 5.75. The Hall–Kier alpha value is -2.54. The van der Waals surface area contributed by atoms with Gasteiger partial charge in [0.1, 0.15) is 5.75 Å². The number of rotatable bonds is 7. The highest BCUT2D eigenvalue weighted by Gasteiger charge is 2.16. The van der Waals surface area contributed by atoms with Crippen LogP contribution < -0.4 is 15.2 Å². The molecule has 1 amide bonds. The van der Waals surface area contributed by atoms with E-state index in [0.29, 0.717) is 18.0 Å². The number of ether oxygens (including phenoxy) is 1. The average Bonchev–Trinajstić information content (AvgIpc) is 2.54. The fourth-order valence-corrected chi connectivity index (χ4v) is 2.96. The van der Waals surface area contributed by atoms with E-state index >= 15 is 0 Å². The maximum absolute atomic E-state index is 12.4. The zero-order valence-corrected chi connectivity index (χ0v) is 13.5. The van der Waals surface area contributed by atoms with Crippen LogP contribution in [-0.2, 0) is 10.0 Å². The van der Waals surface area contributed by atoms with E-state index in [9.17, 15) is 13.2 Å². The molecule has 2 rings (SSSR count). The van der Waals surface area contributed by atoms with E-state index in [1.54, 1.807) is 24.3 Å². The fourth-order valence-electron chi connectivity index (χ4n) is 1.89. The molecular formula is C16H18N2O4S. The Morgan fingerprint density at radius 1 is 1.13 bits per heavy atom.